The Bertz CT molecular complexity index is 361. The highest BCUT2D eigenvalue weighted by Gasteiger charge is 2.14. The lowest BCUT2D eigenvalue weighted by Gasteiger charge is -2.20. The fourth-order valence-corrected chi connectivity index (χ4v) is 1.45. The fourth-order valence-electron chi connectivity index (χ4n) is 1.45. The second kappa shape index (κ2) is 6.08. The number of allylic oxidation sites excluding steroid dienone is 2. The highest BCUT2D eigenvalue weighted by atomic mass is 15.0. The number of nitrogens with one attached hydrogen (secondary N) is 1. The lowest BCUT2D eigenvalue weighted by atomic mass is 10.1. The topological polar surface area (TPSA) is 50.4 Å². The van der Waals surface area contributed by atoms with Crippen molar-refractivity contribution in [1.29, 1.82) is 0 Å². The van der Waals surface area contributed by atoms with Gasteiger partial charge in [-0.3, -0.25) is 0 Å². The monoisotopic (exact) mass is 217 g/mol. The maximum atomic E-state index is 5.45. The van der Waals surface area contributed by atoms with Crippen molar-refractivity contribution in [3.63, 3.8) is 0 Å². The van der Waals surface area contributed by atoms with Crippen LogP contribution >= 0.6 is 0 Å². The van der Waals surface area contributed by atoms with Gasteiger partial charge in [-0.25, -0.2) is 4.99 Å². The maximum Gasteiger partial charge on any atom is 0.107 e. The van der Waals surface area contributed by atoms with Crippen molar-refractivity contribution in [2.75, 3.05) is 6.54 Å². The molecule has 86 valence electrons. The molecule has 3 heteroatoms. The number of hydrogen-bond donors (Lipinski definition) is 2. The van der Waals surface area contributed by atoms with E-state index in [1.165, 1.54) is 0 Å². The number of nitrogens with zero attached hydrogens (tertiary/aromatic N) is 1. The maximum absolute atomic E-state index is 5.45. The quantitative estimate of drug-likeness (QED) is 0.694. The van der Waals surface area contributed by atoms with E-state index in [2.05, 4.69) is 30.0 Å². The Balaban J connectivity index is 2.74. The molecule has 0 radical (unpaired) electrons. The molecule has 3 nitrogen and oxygen atoms in total. The van der Waals surface area contributed by atoms with E-state index >= 15 is 0 Å². The summed E-state index contributed by atoms with van der Waals surface area (Å²) in [5.74, 6) is 0.930. The normalized spacial score (nSPS) is 18.3. The Labute approximate surface area is 97.1 Å². The first-order valence-electron chi connectivity index (χ1n) is 5.45. The van der Waals surface area contributed by atoms with Crippen LogP contribution in [0.25, 0.3) is 0 Å². The third kappa shape index (κ3) is 3.21. The Morgan fingerprint density at radius 2 is 2.06 bits per heavy atom. The third-order valence-corrected chi connectivity index (χ3v) is 2.37. The lowest BCUT2D eigenvalue weighted by Crippen LogP contribution is -2.27. The van der Waals surface area contributed by atoms with Gasteiger partial charge in [0.1, 0.15) is 5.84 Å². The molecule has 3 N–H and O–H groups in total. The van der Waals surface area contributed by atoms with Crippen LogP contribution in [0.2, 0.25) is 0 Å². The van der Waals surface area contributed by atoms with E-state index in [1.807, 2.05) is 6.08 Å². The highest BCUT2D eigenvalue weighted by molar-refractivity contribution is 5.88. The molecule has 16 heavy (non-hydrogen) atoms. The summed E-state index contributed by atoms with van der Waals surface area (Å²) in [6, 6.07) is 0. The molecular formula is C13H19N3. The molecule has 0 saturated heterocycles. The summed E-state index contributed by atoms with van der Waals surface area (Å²) in [5.41, 5.74) is 7.92. The van der Waals surface area contributed by atoms with Gasteiger partial charge in [-0.05, 0) is 25.5 Å². The van der Waals surface area contributed by atoms with Gasteiger partial charge in [-0.1, -0.05) is 25.8 Å². The highest BCUT2D eigenvalue weighted by Crippen LogP contribution is 2.21. The minimum atomic E-state index is 0.719. The van der Waals surface area contributed by atoms with Crippen LogP contribution in [0.4, 0.5) is 0 Å². The van der Waals surface area contributed by atoms with Crippen LogP contribution in [0.1, 0.15) is 19.3 Å². The lowest BCUT2D eigenvalue weighted by molar-refractivity contribution is 0.761. The first kappa shape index (κ1) is 12.5. The van der Waals surface area contributed by atoms with Crippen LogP contribution in [0.3, 0.4) is 0 Å². The number of aliphatic imine (C=N–C) groups is 1. The number of amidine groups is 1. The van der Waals surface area contributed by atoms with Crippen LogP contribution in [0.5, 0.6) is 0 Å². The molecule has 0 unspecified atom stereocenters. The third-order valence-electron chi connectivity index (χ3n) is 2.37. The van der Waals surface area contributed by atoms with Gasteiger partial charge in [0.2, 0.25) is 0 Å². The van der Waals surface area contributed by atoms with Crippen LogP contribution in [-0.2, 0) is 0 Å². The Morgan fingerprint density at radius 3 is 2.69 bits per heavy atom. The molecule has 0 saturated carbocycles. The smallest absolute Gasteiger partial charge is 0.107 e. The minimum absolute atomic E-state index is 0.719. The van der Waals surface area contributed by atoms with E-state index < -0.39 is 0 Å². The number of unbranched alkanes of at least 4 members (excludes halogenated alkanes) is 1. The minimum Gasteiger partial charge on any atom is -0.344 e. The van der Waals surface area contributed by atoms with Gasteiger partial charge in [-0.2, -0.15) is 0 Å². The van der Waals surface area contributed by atoms with Crippen molar-refractivity contribution in [1.82, 2.24) is 5.32 Å². The van der Waals surface area contributed by atoms with Crippen molar-refractivity contribution < 1.29 is 0 Å². The fraction of sp³-hybridized carbons (Fsp3) is 0.308. The zero-order valence-corrected chi connectivity index (χ0v) is 9.63. The molecule has 1 heterocycles. The van der Waals surface area contributed by atoms with E-state index in [4.69, 9.17) is 5.73 Å². The molecule has 1 rings (SSSR count). The second-order valence-electron chi connectivity index (χ2n) is 3.67. The molecule has 0 aromatic rings. The molecule has 0 bridgehead atoms. The largest absolute Gasteiger partial charge is 0.344 e. The first-order chi connectivity index (χ1) is 7.69. The first-order valence-corrected chi connectivity index (χ1v) is 5.45. The average molecular weight is 217 g/mol. The van der Waals surface area contributed by atoms with Gasteiger partial charge < -0.3 is 11.1 Å². The molecule has 0 aliphatic carbocycles. The molecular weight excluding hydrogens is 198 g/mol. The van der Waals surface area contributed by atoms with E-state index in [-0.39, 0.29) is 0 Å². The van der Waals surface area contributed by atoms with E-state index in [1.54, 1.807) is 6.08 Å². The standard InChI is InChI=1S/C13H19N3/c1-4-7-12-10(2)11(3)15-13(16-12)8-5-6-9-14/h4,7H,1-3,5-6,8-9,14H2,(H,15,16)/b12-7+. The van der Waals surface area contributed by atoms with Gasteiger partial charge >= 0.3 is 0 Å². The zero-order chi connectivity index (χ0) is 12.0. The molecule has 1 aliphatic rings. The Kier molecular flexibility index (Phi) is 4.73. The van der Waals surface area contributed by atoms with Gasteiger partial charge in [0, 0.05) is 17.7 Å². The van der Waals surface area contributed by atoms with E-state index in [0.29, 0.717) is 0 Å². The SMILES string of the molecule is C=C/C=C1/N=C(CCCCN)NC(=C)C1=C. The summed E-state index contributed by atoms with van der Waals surface area (Å²) in [5, 5.41) is 3.15. The molecule has 0 aromatic carbocycles. The summed E-state index contributed by atoms with van der Waals surface area (Å²) in [4.78, 5) is 4.47. The van der Waals surface area contributed by atoms with Crippen LogP contribution in [0, 0.1) is 0 Å². The van der Waals surface area contributed by atoms with E-state index in [0.717, 1.165) is 48.6 Å². The van der Waals surface area contributed by atoms with Crippen molar-refractivity contribution in [2.24, 2.45) is 10.7 Å². The van der Waals surface area contributed by atoms with Gasteiger partial charge in [0.15, 0.2) is 0 Å². The summed E-state index contributed by atoms with van der Waals surface area (Å²) < 4.78 is 0. The Morgan fingerprint density at radius 1 is 1.31 bits per heavy atom. The summed E-state index contributed by atoms with van der Waals surface area (Å²) in [6.45, 7) is 12.2. The van der Waals surface area contributed by atoms with Gasteiger partial charge in [0.25, 0.3) is 0 Å². The summed E-state index contributed by atoms with van der Waals surface area (Å²) in [7, 11) is 0. The van der Waals surface area contributed by atoms with Gasteiger partial charge in [-0.15, -0.1) is 0 Å². The van der Waals surface area contributed by atoms with Crippen LogP contribution in [-0.4, -0.2) is 12.4 Å². The van der Waals surface area contributed by atoms with E-state index in [9.17, 15) is 0 Å². The summed E-state index contributed by atoms with van der Waals surface area (Å²) in [6.07, 6.45) is 6.48. The zero-order valence-electron chi connectivity index (χ0n) is 9.63. The molecule has 0 fully saturated rings. The van der Waals surface area contributed by atoms with Crippen molar-refractivity contribution in [3.8, 4) is 0 Å². The Hall–Kier alpha value is -1.61. The van der Waals surface area contributed by atoms with Crippen molar-refractivity contribution >= 4 is 5.84 Å². The van der Waals surface area contributed by atoms with Gasteiger partial charge in [0.05, 0.1) is 5.70 Å². The predicted octanol–water partition coefficient (Wildman–Crippen LogP) is 2.26. The molecule has 1 aliphatic heterocycles. The number of rotatable bonds is 5. The van der Waals surface area contributed by atoms with Crippen molar-refractivity contribution in [3.05, 3.63) is 48.9 Å². The molecule has 0 amide bonds. The second-order valence-corrected chi connectivity index (χ2v) is 3.67. The molecule has 0 aromatic heterocycles. The summed E-state index contributed by atoms with van der Waals surface area (Å²) >= 11 is 0. The van der Waals surface area contributed by atoms with Crippen molar-refractivity contribution in [2.45, 2.75) is 19.3 Å². The average Bonchev–Trinajstić information content (AvgIpc) is 2.26. The molecule has 0 spiro atoms. The molecule has 0 atom stereocenters. The van der Waals surface area contributed by atoms with Crippen LogP contribution in [0.15, 0.2) is 53.8 Å². The van der Waals surface area contributed by atoms with Crippen LogP contribution < -0.4 is 11.1 Å². The number of nitrogens with two attached hydrogens (primary N) is 1. The number of hydrogen-bond acceptors (Lipinski definition) is 3. The predicted molar refractivity (Wildman–Crippen MR) is 70.0 cm³/mol.